The van der Waals surface area contributed by atoms with Crippen LogP contribution < -0.4 is 10.1 Å². The lowest BCUT2D eigenvalue weighted by Gasteiger charge is -2.36. The van der Waals surface area contributed by atoms with Crippen molar-refractivity contribution in [1.82, 2.24) is 14.9 Å². The van der Waals surface area contributed by atoms with Gasteiger partial charge < -0.3 is 24.8 Å². The number of nitrogens with zero attached hydrogens (tertiary/aromatic N) is 2. The average molecular weight is 429 g/mol. The summed E-state index contributed by atoms with van der Waals surface area (Å²) in [4.78, 5) is 28.9. The van der Waals surface area contributed by atoms with Crippen LogP contribution in [0.5, 0.6) is 11.5 Å². The number of halogens is 1. The second kappa shape index (κ2) is 8.25. The number of aliphatic carboxylic acids is 1. The lowest BCUT2D eigenvalue weighted by molar-refractivity contribution is -0.146. The summed E-state index contributed by atoms with van der Waals surface area (Å²) in [5, 5.41) is 23.4. The van der Waals surface area contributed by atoms with Gasteiger partial charge in [-0.3, -0.25) is 4.79 Å². The van der Waals surface area contributed by atoms with Crippen molar-refractivity contribution in [1.29, 1.82) is 0 Å². The molecule has 0 fully saturated rings. The molecule has 0 radical (unpaired) electrons. The highest BCUT2D eigenvalue weighted by atomic mass is 19.1. The quantitative estimate of drug-likeness (QED) is 0.531. The molecule has 0 aliphatic carbocycles. The van der Waals surface area contributed by atoms with E-state index in [0.717, 1.165) is 5.52 Å². The van der Waals surface area contributed by atoms with Crippen LogP contribution in [-0.4, -0.2) is 44.3 Å². The number of carboxylic acid groups (broad SMARTS) is 1. The highest BCUT2D eigenvalue weighted by molar-refractivity contribution is 5.99. The number of methoxy groups -OCH3 is 1. The Balaban J connectivity index is 1.94. The zero-order valence-electron chi connectivity index (χ0n) is 17.6. The first-order chi connectivity index (χ1) is 14.6. The molecule has 3 unspecified atom stereocenters. The molecule has 8 nitrogen and oxygen atoms in total. The van der Waals surface area contributed by atoms with Crippen molar-refractivity contribution in [3.8, 4) is 11.5 Å². The monoisotopic (exact) mass is 429 g/mol. The van der Waals surface area contributed by atoms with Crippen LogP contribution in [0.3, 0.4) is 0 Å². The van der Waals surface area contributed by atoms with Crippen molar-refractivity contribution in [2.24, 2.45) is 5.92 Å². The number of nitrogens with one attached hydrogen (secondary N) is 1. The highest BCUT2D eigenvalue weighted by Gasteiger charge is 2.44. The number of carboxylic acids is 1. The van der Waals surface area contributed by atoms with Crippen molar-refractivity contribution >= 4 is 22.8 Å². The number of aromatic nitrogens is 2. The van der Waals surface area contributed by atoms with E-state index in [9.17, 15) is 24.2 Å². The molecular formula is C22H24FN3O5. The molecule has 0 saturated heterocycles. The summed E-state index contributed by atoms with van der Waals surface area (Å²) >= 11 is 0. The maximum atomic E-state index is 13.5. The van der Waals surface area contributed by atoms with Gasteiger partial charge in [-0.05, 0) is 38.1 Å². The van der Waals surface area contributed by atoms with Crippen LogP contribution in [0.2, 0.25) is 0 Å². The number of benzene rings is 1. The van der Waals surface area contributed by atoms with Crippen molar-refractivity contribution in [2.45, 2.75) is 32.4 Å². The number of rotatable bonds is 7. The number of aromatic hydroxyl groups is 1. The molecular weight excluding hydrogens is 405 g/mol. The van der Waals surface area contributed by atoms with Crippen molar-refractivity contribution in [3.05, 3.63) is 54.2 Å². The van der Waals surface area contributed by atoms with Crippen LogP contribution in [0.15, 0.2) is 42.7 Å². The molecule has 3 rings (SSSR count). The largest absolute Gasteiger partial charge is 0.503 e. The van der Waals surface area contributed by atoms with E-state index < -0.39 is 29.1 Å². The Hall–Kier alpha value is -3.62. The molecule has 9 heteroatoms. The van der Waals surface area contributed by atoms with Crippen LogP contribution in [0.4, 0.5) is 4.39 Å². The second-order valence-corrected chi connectivity index (χ2v) is 7.63. The number of hydrogen-bond donors (Lipinski definition) is 3. The molecule has 1 amide bonds. The van der Waals surface area contributed by atoms with Crippen LogP contribution in [-0.2, 0) is 4.79 Å². The number of carbonyl (C=O) groups excluding carboxylic acids is 1. The smallest absolute Gasteiger partial charge is 0.329 e. The number of carbonyl (C=O) groups is 2. The molecule has 0 spiro atoms. The zero-order valence-corrected chi connectivity index (χ0v) is 17.6. The molecule has 164 valence electrons. The summed E-state index contributed by atoms with van der Waals surface area (Å²) in [5.74, 6) is -3.49. The van der Waals surface area contributed by atoms with Crippen LogP contribution in [0.1, 0.15) is 37.3 Å². The fourth-order valence-corrected chi connectivity index (χ4v) is 3.64. The van der Waals surface area contributed by atoms with Crippen LogP contribution in [0.25, 0.3) is 10.9 Å². The van der Waals surface area contributed by atoms with Crippen LogP contribution >= 0.6 is 0 Å². The minimum absolute atomic E-state index is 0.0460. The van der Waals surface area contributed by atoms with E-state index >= 15 is 0 Å². The van der Waals surface area contributed by atoms with E-state index in [1.165, 1.54) is 38.4 Å². The number of pyridine rings is 1. The van der Waals surface area contributed by atoms with Gasteiger partial charge in [-0.25, -0.2) is 14.2 Å². The van der Waals surface area contributed by atoms with Crippen molar-refractivity contribution in [3.63, 3.8) is 0 Å². The lowest BCUT2D eigenvalue weighted by Crippen LogP contribution is -2.58. The Morgan fingerprint density at radius 3 is 2.61 bits per heavy atom. The van der Waals surface area contributed by atoms with Gasteiger partial charge in [0.1, 0.15) is 11.4 Å². The molecule has 2 heterocycles. The van der Waals surface area contributed by atoms with Crippen molar-refractivity contribution in [2.75, 3.05) is 7.11 Å². The maximum Gasteiger partial charge on any atom is 0.329 e. The van der Waals surface area contributed by atoms with Gasteiger partial charge in [-0.1, -0.05) is 6.92 Å². The molecule has 0 saturated carbocycles. The fraction of sp³-hybridized carbons (Fsp3) is 0.318. The summed E-state index contributed by atoms with van der Waals surface area (Å²) in [6, 6.07) is 7.12. The van der Waals surface area contributed by atoms with E-state index in [2.05, 4.69) is 10.3 Å². The van der Waals surface area contributed by atoms with Gasteiger partial charge in [0.2, 0.25) is 0 Å². The third kappa shape index (κ3) is 3.90. The molecule has 31 heavy (non-hydrogen) atoms. The average Bonchev–Trinajstić information content (AvgIpc) is 3.15. The van der Waals surface area contributed by atoms with E-state index in [0.29, 0.717) is 5.39 Å². The Morgan fingerprint density at radius 2 is 1.97 bits per heavy atom. The Bertz CT molecular complexity index is 1150. The van der Waals surface area contributed by atoms with Gasteiger partial charge in [0, 0.05) is 41.3 Å². The summed E-state index contributed by atoms with van der Waals surface area (Å²) in [6.45, 7) is 4.92. The predicted octanol–water partition coefficient (Wildman–Crippen LogP) is 3.36. The SMILES string of the molecule is COc1ccnc(C(=O)NC(C)(C(=O)O)C(C)C(C)n2ccc3cc(F)ccc32)c1O. The minimum Gasteiger partial charge on any atom is -0.503 e. The topological polar surface area (TPSA) is 114 Å². The first-order valence-electron chi connectivity index (χ1n) is 9.64. The van der Waals surface area contributed by atoms with Crippen molar-refractivity contribution < 1.29 is 28.9 Å². The van der Waals surface area contributed by atoms with Crippen LogP contribution in [0, 0.1) is 11.7 Å². The molecule has 0 bridgehead atoms. The van der Waals surface area contributed by atoms with Gasteiger partial charge >= 0.3 is 5.97 Å². The summed E-state index contributed by atoms with van der Waals surface area (Å²) in [6.07, 6.45) is 3.04. The summed E-state index contributed by atoms with van der Waals surface area (Å²) in [5.41, 5.74) is -1.30. The van der Waals surface area contributed by atoms with Gasteiger partial charge in [0.25, 0.3) is 5.91 Å². The van der Waals surface area contributed by atoms with E-state index in [1.807, 2.05) is 11.5 Å². The zero-order chi connectivity index (χ0) is 22.9. The first-order valence-corrected chi connectivity index (χ1v) is 9.64. The Labute approximate surface area is 178 Å². The lowest BCUT2D eigenvalue weighted by atomic mass is 9.81. The fourth-order valence-electron chi connectivity index (χ4n) is 3.64. The normalized spacial score (nSPS) is 15.1. The molecule has 3 aromatic rings. The van der Waals surface area contributed by atoms with E-state index in [1.54, 1.807) is 25.3 Å². The second-order valence-electron chi connectivity index (χ2n) is 7.63. The third-order valence-corrected chi connectivity index (χ3v) is 5.90. The maximum absolute atomic E-state index is 13.5. The minimum atomic E-state index is -1.70. The number of amides is 1. The van der Waals surface area contributed by atoms with E-state index in [4.69, 9.17) is 4.74 Å². The third-order valence-electron chi connectivity index (χ3n) is 5.90. The molecule has 1 aromatic carbocycles. The van der Waals surface area contributed by atoms with Gasteiger partial charge in [0.05, 0.1) is 7.11 Å². The molecule has 3 atom stereocenters. The molecule has 3 N–H and O–H groups in total. The predicted molar refractivity (Wildman–Crippen MR) is 112 cm³/mol. The molecule has 0 aliphatic heterocycles. The van der Waals surface area contributed by atoms with Gasteiger partial charge in [-0.2, -0.15) is 0 Å². The summed E-state index contributed by atoms with van der Waals surface area (Å²) < 4.78 is 20.3. The Kier molecular flexibility index (Phi) is 5.88. The Morgan fingerprint density at radius 1 is 1.26 bits per heavy atom. The summed E-state index contributed by atoms with van der Waals surface area (Å²) in [7, 11) is 1.33. The number of hydrogen-bond acceptors (Lipinski definition) is 5. The molecule has 2 aromatic heterocycles. The number of ether oxygens (including phenoxy) is 1. The standard InChI is InChI=1S/C22H24FN3O5/c1-12(13(2)26-10-8-14-11-15(23)5-6-16(14)26)22(3,21(29)30)25-20(28)18-19(27)17(31-4)7-9-24-18/h5-13,27H,1-4H3,(H,25,28)(H,29,30). The van der Waals surface area contributed by atoms with Gasteiger partial charge in [-0.15, -0.1) is 0 Å². The molecule has 0 aliphatic rings. The first kappa shape index (κ1) is 22.1. The van der Waals surface area contributed by atoms with E-state index in [-0.39, 0.29) is 23.3 Å². The van der Waals surface area contributed by atoms with Gasteiger partial charge in [0.15, 0.2) is 17.2 Å². The highest BCUT2D eigenvalue weighted by Crippen LogP contribution is 2.33. The number of fused-ring (bicyclic) bond motifs is 1.